The highest BCUT2D eigenvalue weighted by molar-refractivity contribution is 5.83. The highest BCUT2D eigenvalue weighted by Gasteiger charge is 2.55. The molecule has 0 radical (unpaired) electrons. The van der Waals surface area contributed by atoms with Crippen LogP contribution in [0.25, 0.3) is 0 Å². The first-order valence-electron chi connectivity index (χ1n) is 7.92. The van der Waals surface area contributed by atoms with E-state index in [9.17, 15) is 4.79 Å². The number of carbonyl (C=O) groups excluding carboxylic acids is 1. The van der Waals surface area contributed by atoms with Crippen LogP contribution in [0.15, 0.2) is 11.6 Å². The molecule has 0 aromatic rings. The molecule has 0 aromatic heterocycles. The van der Waals surface area contributed by atoms with Crippen molar-refractivity contribution >= 4 is 5.97 Å². The van der Waals surface area contributed by atoms with Crippen LogP contribution in [0.1, 0.15) is 34.6 Å². The summed E-state index contributed by atoms with van der Waals surface area (Å²) in [5.41, 5.74) is 0.672. The monoisotopic (exact) mass is 328 g/mol. The summed E-state index contributed by atoms with van der Waals surface area (Å²) in [6.07, 6.45) is -0.383. The Hall–Kier alpha value is -0.990. The molecule has 0 bridgehead atoms. The van der Waals surface area contributed by atoms with E-state index in [0.29, 0.717) is 18.8 Å². The van der Waals surface area contributed by atoms with Crippen molar-refractivity contribution in [2.24, 2.45) is 0 Å². The molecule has 3 rings (SSSR count). The highest BCUT2D eigenvalue weighted by Crippen LogP contribution is 2.43. The first-order chi connectivity index (χ1) is 10.7. The average molecular weight is 328 g/mol. The SMILES string of the molecule is CCOC(=O)/C=C1/[C@H]2OC(C)(C)O[C@H]2O[C@@H]1[C@H]1COC(C)(C)O1. The average Bonchev–Trinajstić information content (AvgIpc) is 3.01. The summed E-state index contributed by atoms with van der Waals surface area (Å²) in [6.45, 7) is 9.74. The second kappa shape index (κ2) is 5.82. The normalized spacial score (nSPS) is 39.6. The second-order valence-electron chi connectivity index (χ2n) is 6.74. The van der Waals surface area contributed by atoms with Gasteiger partial charge in [-0.1, -0.05) is 0 Å². The van der Waals surface area contributed by atoms with Gasteiger partial charge in [0.05, 0.1) is 13.2 Å². The summed E-state index contributed by atoms with van der Waals surface area (Å²) in [5.74, 6) is -1.87. The maximum Gasteiger partial charge on any atom is 0.330 e. The molecule has 3 saturated heterocycles. The van der Waals surface area contributed by atoms with Crippen molar-refractivity contribution in [2.45, 2.75) is 70.8 Å². The van der Waals surface area contributed by atoms with E-state index in [2.05, 4.69) is 0 Å². The van der Waals surface area contributed by atoms with Gasteiger partial charge < -0.3 is 28.4 Å². The third kappa shape index (κ3) is 3.44. The molecular weight excluding hydrogens is 304 g/mol. The largest absolute Gasteiger partial charge is 0.463 e. The Morgan fingerprint density at radius 3 is 2.52 bits per heavy atom. The van der Waals surface area contributed by atoms with Crippen LogP contribution >= 0.6 is 0 Å². The van der Waals surface area contributed by atoms with Gasteiger partial charge in [0.25, 0.3) is 0 Å². The number of rotatable bonds is 3. The van der Waals surface area contributed by atoms with Crippen LogP contribution in [0.3, 0.4) is 0 Å². The lowest BCUT2D eigenvalue weighted by Crippen LogP contribution is -2.35. The lowest BCUT2D eigenvalue weighted by molar-refractivity contribution is -0.215. The second-order valence-corrected chi connectivity index (χ2v) is 6.74. The smallest absolute Gasteiger partial charge is 0.330 e. The van der Waals surface area contributed by atoms with E-state index < -0.39 is 36.0 Å². The fourth-order valence-corrected chi connectivity index (χ4v) is 3.09. The lowest BCUT2D eigenvalue weighted by Gasteiger charge is -2.25. The van der Waals surface area contributed by atoms with E-state index in [-0.39, 0.29) is 6.10 Å². The molecular formula is C16H24O7. The Kier molecular flexibility index (Phi) is 4.27. The zero-order valence-electron chi connectivity index (χ0n) is 14.2. The van der Waals surface area contributed by atoms with E-state index in [1.54, 1.807) is 6.92 Å². The van der Waals surface area contributed by atoms with Crippen LogP contribution in [-0.4, -0.2) is 55.4 Å². The molecule has 7 heteroatoms. The van der Waals surface area contributed by atoms with Gasteiger partial charge in [-0.2, -0.15) is 0 Å². The minimum absolute atomic E-state index is 0.307. The Morgan fingerprint density at radius 2 is 1.91 bits per heavy atom. The summed E-state index contributed by atoms with van der Waals surface area (Å²) in [5, 5.41) is 0. The zero-order chi connectivity index (χ0) is 16.8. The Balaban J connectivity index is 1.83. The van der Waals surface area contributed by atoms with E-state index in [1.165, 1.54) is 6.08 Å². The van der Waals surface area contributed by atoms with Gasteiger partial charge in [0.1, 0.15) is 18.3 Å². The van der Waals surface area contributed by atoms with Crippen molar-refractivity contribution in [3.63, 3.8) is 0 Å². The quantitative estimate of drug-likeness (QED) is 0.574. The summed E-state index contributed by atoms with van der Waals surface area (Å²) in [4.78, 5) is 11.9. The number of fused-ring (bicyclic) bond motifs is 1. The summed E-state index contributed by atoms with van der Waals surface area (Å²) in [7, 11) is 0. The number of hydrogen-bond acceptors (Lipinski definition) is 7. The maximum atomic E-state index is 11.9. The van der Waals surface area contributed by atoms with Gasteiger partial charge in [-0.15, -0.1) is 0 Å². The van der Waals surface area contributed by atoms with Gasteiger partial charge >= 0.3 is 5.97 Å². The van der Waals surface area contributed by atoms with Crippen LogP contribution in [0, 0.1) is 0 Å². The molecule has 0 spiro atoms. The molecule has 0 N–H and O–H groups in total. The number of ether oxygens (including phenoxy) is 6. The molecule has 23 heavy (non-hydrogen) atoms. The standard InChI is InChI=1S/C16H24O7/c1-6-18-11(17)7-9-12(10-8-19-15(2,3)21-10)20-14-13(9)22-16(4,5)23-14/h7,10,12-14H,6,8H2,1-5H3/b9-7+/t10-,12+,13-,14-/m1/s1. The van der Waals surface area contributed by atoms with Crippen molar-refractivity contribution in [1.82, 2.24) is 0 Å². The topological polar surface area (TPSA) is 72.5 Å². The van der Waals surface area contributed by atoms with E-state index in [0.717, 1.165) is 0 Å². The molecule has 0 unspecified atom stereocenters. The Labute approximate surface area is 135 Å². The molecule has 3 aliphatic rings. The predicted octanol–water partition coefficient (Wildman–Crippen LogP) is 1.50. The molecule has 0 amide bonds. The van der Waals surface area contributed by atoms with Gasteiger partial charge in [0.2, 0.25) is 0 Å². The molecule has 0 aliphatic carbocycles. The van der Waals surface area contributed by atoms with Crippen LogP contribution < -0.4 is 0 Å². The molecule has 4 atom stereocenters. The Morgan fingerprint density at radius 1 is 1.17 bits per heavy atom. The number of carbonyl (C=O) groups is 1. The van der Waals surface area contributed by atoms with Crippen molar-refractivity contribution in [2.75, 3.05) is 13.2 Å². The van der Waals surface area contributed by atoms with Gasteiger partial charge in [-0.05, 0) is 34.6 Å². The van der Waals surface area contributed by atoms with Gasteiger partial charge in [0.15, 0.2) is 17.9 Å². The van der Waals surface area contributed by atoms with Gasteiger partial charge in [-0.3, -0.25) is 0 Å². The molecule has 0 saturated carbocycles. The fourth-order valence-electron chi connectivity index (χ4n) is 3.09. The first kappa shape index (κ1) is 16.9. The van der Waals surface area contributed by atoms with Gasteiger partial charge in [0, 0.05) is 11.6 Å². The van der Waals surface area contributed by atoms with Crippen molar-refractivity contribution in [3.8, 4) is 0 Å². The van der Waals surface area contributed by atoms with E-state index >= 15 is 0 Å². The molecule has 7 nitrogen and oxygen atoms in total. The Bertz CT molecular complexity index is 511. The number of hydrogen-bond donors (Lipinski definition) is 0. The number of esters is 1. The van der Waals surface area contributed by atoms with Crippen molar-refractivity contribution in [3.05, 3.63) is 11.6 Å². The maximum absolute atomic E-state index is 11.9. The summed E-state index contributed by atoms with van der Waals surface area (Å²) in [6, 6.07) is 0. The molecule has 3 fully saturated rings. The third-order valence-corrected chi connectivity index (χ3v) is 3.93. The van der Waals surface area contributed by atoms with E-state index in [4.69, 9.17) is 28.4 Å². The minimum Gasteiger partial charge on any atom is -0.463 e. The summed E-state index contributed by atoms with van der Waals surface area (Å²) >= 11 is 0. The molecule has 130 valence electrons. The summed E-state index contributed by atoms with van der Waals surface area (Å²) < 4.78 is 34.1. The van der Waals surface area contributed by atoms with Crippen molar-refractivity contribution in [1.29, 1.82) is 0 Å². The third-order valence-electron chi connectivity index (χ3n) is 3.93. The van der Waals surface area contributed by atoms with Crippen LogP contribution in [0.5, 0.6) is 0 Å². The minimum atomic E-state index is -0.764. The van der Waals surface area contributed by atoms with Crippen LogP contribution in [-0.2, 0) is 33.2 Å². The molecule has 3 aliphatic heterocycles. The molecule has 0 aromatic carbocycles. The first-order valence-corrected chi connectivity index (χ1v) is 7.92. The predicted molar refractivity (Wildman–Crippen MR) is 78.3 cm³/mol. The lowest BCUT2D eigenvalue weighted by atomic mass is 10.0. The van der Waals surface area contributed by atoms with Crippen LogP contribution in [0.2, 0.25) is 0 Å². The highest BCUT2D eigenvalue weighted by atomic mass is 16.8. The van der Waals surface area contributed by atoms with Crippen LogP contribution in [0.4, 0.5) is 0 Å². The van der Waals surface area contributed by atoms with Gasteiger partial charge in [-0.25, -0.2) is 4.79 Å². The fraction of sp³-hybridized carbons (Fsp3) is 0.812. The molecule has 3 heterocycles. The van der Waals surface area contributed by atoms with Crippen molar-refractivity contribution < 1.29 is 33.2 Å². The zero-order valence-corrected chi connectivity index (χ0v) is 14.2. The van der Waals surface area contributed by atoms with E-state index in [1.807, 2.05) is 27.7 Å².